The summed E-state index contributed by atoms with van der Waals surface area (Å²) in [6.07, 6.45) is 3.61. The first kappa shape index (κ1) is 11.5. The van der Waals surface area contributed by atoms with Gasteiger partial charge >= 0.3 is 5.97 Å². The normalized spacial score (nSPS) is 25.3. The summed E-state index contributed by atoms with van der Waals surface area (Å²) in [4.78, 5) is 13.1. The van der Waals surface area contributed by atoms with Gasteiger partial charge in [-0.15, -0.1) is 11.3 Å². The lowest BCUT2D eigenvalue weighted by molar-refractivity contribution is -0.142. The minimum absolute atomic E-state index is 0.118. The summed E-state index contributed by atoms with van der Waals surface area (Å²) in [6.45, 7) is 0. The molecule has 0 aliphatic heterocycles. The maximum Gasteiger partial charge on any atom is 0.306 e. The summed E-state index contributed by atoms with van der Waals surface area (Å²) < 4.78 is 0. The fourth-order valence-electron chi connectivity index (χ4n) is 2.36. The number of hydrogen-bond donors (Lipinski definition) is 1. The van der Waals surface area contributed by atoms with Crippen LogP contribution in [0.25, 0.3) is 0 Å². The van der Waals surface area contributed by atoms with Gasteiger partial charge in [-0.1, -0.05) is 0 Å². The molecule has 2 rings (SSSR count). The highest BCUT2D eigenvalue weighted by Gasteiger charge is 2.28. The zero-order chi connectivity index (χ0) is 11.5. The molecule has 1 N–H and O–H groups in total. The van der Waals surface area contributed by atoms with E-state index in [1.54, 1.807) is 11.3 Å². The Morgan fingerprint density at radius 2 is 2.12 bits per heavy atom. The van der Waals surface area contributed by atoms with Crippen LogP contribution in [0.1, 0.15) is 25.7 Å². The van der Waals surface area contributed by atoms with Gasteiger partial charge in [0.1, 0.15) is 0 Å². The molecule has 0 unspecified atom stereocenters. The number of carbonyl (C=O) groups is 1. The predicted molar refractivity (Wildman–Crippen MR) is 66.1 cm³/mol. The van der Waals surface area contributed by atoms with Crippen molar-refractivity contribution in [1.82, 2.24) is 0 Å². The highest BCUT2D eigenvalue weighted by Crippen LogP contribution is 2.31. The molecule has 1 aromatic rings. The molecule has 0 saturated heterocycles. The van der Waals surface area contributed by atoms with E-state index in [4.69, 9.17) is 5.11 Å². The van der Waals surface area contributed by atoms with Crippen LogP contribution in [0.5, 0.6) is 0 Å². The molecule has 16 heavy (non-hydrogen) atoms. The van der Waals surface area contributed by atoms with Gasteiger partial charge in [0.25, 0.3) is 0 Å². The van der Waals surface area contributed by atoms with Gasteiger partial charge in [0.05, 0.1) is 10.9 Å². The van der Waals surface area contributed by atoms with Gasteiger partial charge in [-0.25, -0.2) is 0 Å². The Morgan fingerprint density at radius 3 is 2.62 bits per heavy atom. The average molecular weight is 239 g/mol. The lowest BCUT2D eigenvalue weighted by atomic mass is 9.85. The first-order valence-corrected chi connectivity index (χ1v) is 6.55. The molecule has 0 aromatic carbocycles. The minimum atomic E-state index is -0.628. The number of nitrogens with zero attached hydrogens (tertiary/aromatic N) is 1. The third-order valence-corrected chi connectivity index (χ3v) is 4.41. The summed E-state index contributed by atoms with van der Waals surface area (Å²) in [5, 5.41) is 12.3. The molecule has 0 atom stereocenters. The third kappa shape index (κ3) is 2.38. The van der Waals surface area contributed by atoms with Crippen LogP contribution in [-0.2, 0) is 4.79 Å². The van der Waals surface area contributed by atoms with Gasteiger partial charge in [0, 0.05) is 13.1 Å². The lowest BCUT2D eigenvalue weighted by Crippen LogP contribution is -2.36. The molecule has 1 aromatic heterocycles. The van der Waals surface area contributed by atoms with E-state index < -0.39 is 5.97 Å². The van der Waals surface area contributed by atoms with Crippen molar-refractivity contribution in [2.45, 2.75) is 31.7 Å². The van der Waals surface area contributed by atoms with Crippen molar-refractivity contribution in [1.29, 1.82) is 0 Å². The molecule has 0 amide bonds. The van der Waals surface area contributed by atoms with E-state index in [1.807, 2.05) is 0 Å². The Labute approximate surface area is 99.7 Å². The lowest BCUT2D eigenvalue weighted by Gasteiger charge is -2.33. The number of thiophene rings is 1. The Morgan fingerprint density at radius 1 is 1.44 bits per heavy atom. The summed E-state index contributed by atoms with van der Waals surface area (Å²) in [5.41, 5.74) is 0. The van der Waals surface area contributed by atoms with E-state index in [1.165, 1.54) is 5.00 Å². The van der Waals surface area contributed by atoms with Crippen molar-refractivity contribution in [2.75, 3.05) is 11.9 Å². The number of hydrogen-bond acceptors (Lipinski definition) is 3. The smallest absolute Gasteiger partial charge is 0.306 e. The quantitative estimate of drug-likeness (QED) is 0.881. The van der Waals surface area contributed by atoms with Gasteiger partial charge in [0.15, 0.2) is 0 Å². The van der Waals surface area contributed by atoms with Crippen molar-refractivity contribution >= 4 is 22.3 Å². The van der Waals surface area contributed by atoms with Crippen molar-refractivity contribution in [3.8, 4) is 0 Å². The second-order valence-electron chi connectivity index (χ2n) is 4.41. The number of carboxylic acid groups (broad SMARTS) is 1. The van der Waals surface area contributed by atoms with Crippen LogP contribution in [0, 0.1) is 5.92 Å². The Kier molecular flexibility index (Phi) is 3.49. The maximum absolute atomic E-state index is 10.8. The maximum atomic E-state index is 10.8. The zero-order valence-electron chi connectivity index (χ0n) is 9.43. The first-order valence-electron chi connectivity index (χ1n) is 5.67. The molecule has 1 fully saturated rings. The van der Waals surface area contributed by atoms with E-state index in [9.17, 15) is 4.79 Å². The van der Waals surface area contributed by atoms with Crippen LogP contribution in [0.2, 0.25) is 0 Å². The van der Waals surface area contributed by atoms with Gasteiger partial charge in [0.2, 0.25) is 0 Å². The highest BCUT2D eigenvalue weighted by atomic mass is 32.1. The fraction of sp³-hybridized carbons (Fsp3) is 0.583. The summed E-state index contributed by atoms with van der Waals surface area (Å²) >= 11 is 1.74. The number of rotatable bonds is 3. The molecule has 1 aliphatic carbocycles. The zero-order valence-corrected chi connectivity index (χ0v) is 10.2. The molecule has 1 heterocycles. The molecule has 1 aliphatic rings. The second kappa shape index (κ2) is 4.87. The summed E-state index contributed by atoms with van der Waals surface area (Å²) in [7, 11) is 2.11. The molecule has 88 valence electrons. The highest BCUT2D eigenvalue weighted by molar-refractivity contribution is 7.14. The molecular weight excluding hydrogens is 222 g/mol. The number of anilines is 1. The fourth-order valence-corrected chi connectivity index (χ4v) is 3.13. The summed E-state index contributed by atoms with van der Waals surface area (Å²) in [5.74, 6) is -0.745. The van der Waals surface area contributed by atoms with Gasteiger partial charge in [-0.05, 0) is 43.2 Å². The molecule has 1 saturated carbocycles. The van der Waals surface area contributed by atoms with Crippen LogP contribution in [0.3, 0.4) is 0 Å². The van der Waals surface area contributed by atoms with E-state index in [2.05, 4.69) is 29.5 Å². The van der Waals surface area contributed by atoms with Crippen LogP contribution >= 0.6 is 11.3 Å². The molecule has 0 spiro atoms. The number of carboxylic acids is 1. The predicted octanol–water partition coefficient (Wildman–Crippen LogP) is 2.83. The molecule has 3 nitrogen and oxygen atoms in total. The van der Waals surface area contributed by atoms with E-state index in [0.717, 1.165) is 25.7 Å². The van der Waals surface area contributed by atoms with Crippen LogP contribution < -0.4 is 4.90 Å². The van der Waals surface area contributed by atoms with Crippen molar-refractivity contribution in [2.24, 2.45) is 5.92 Å². The van der Waals surface area contributed by atoms with Gasteiger partial charge in [-0.2, -0.15) is 0 Å². The van der Waals surface area contributed by atoms with E-state index in [-0.39, 0.29) is 5.92 Å². The van der Waals surface area contributed by atoms with Crippen molar-refractivity contribution < 1.29 is 9.90 Å². The topological polar surface area (TPSA) is 40.5 Å². The number of aliphatic carboxylic acids is 1. The average Bonchev–Trinajstić information content (AvgIpc) is 2.81. The standard InChI is InChI=1S/C12H17NO2S/c1-13(11-3-2-8-16-11)10-6-4-9(5-7-10)12(14)15/h2-3,8-10H,4-7H2,1H3,(H,14,15). The molecule has 4 heteroatoms. The van der Waals surface area contributed by atoms with E-state index in [0.29, 0.717) is 6.04 Å². The second-order valence-corrected chi connectivity index (χ2v) is 5.33. The summed E-state index contributed by atoms with van der Waals surface area (Å²) in [6, 6.07) is 4.68. The Hall–Kier alpha value is -1.03. The monoisotopic (exact) mass is 239 g/mol. The molecule has 0 radical (unpaired) electrons. The largest absolute Gasteiger partial charge is 0.481 e. The Bertz CT molecular complexity index is 342. The molecular formula is C12H17NO2S. The third-order valence-electron chi connectivity index (χ3n) is 3.45. The molecule has 0 bridgehead atoms. The minimum Gasteiger partial charge on any atom is -0.481 e. The SMILES string of the molecule is CN(c1cccs1)C1CCC(C(=O)O)CC1. The first-order chi connectivity index (χ1) is 7.68. The van der Waals surface area contributed by atoms with Crippen LogP contribution in [0.15, 0.2) is 17.5 Å². The Balaban J connectivity index is 1.92. The van der Waals surface area contributed by atoms with Gasteiger partial charge < -0.3 is 10.0 Å². The van der Waals surface area contributed by atoms with Crippen LogP contribution in [-0.4, -0.2) is 24.2 Å². The van der Waals surface area contributed by atoms with Gasteiger partial charge in [-0.3, -0.25) is 4.79 Å². The van der Waals surface area contributed by atoms with Crippen molar-refractivity contribution in [3.63, 3.8) is 0 Å². The van der Waals surface area contributed by atoms with Crippen LogP contribution in [0.4, 0.5) is 5.00 Å². The van der Waals surface area contributed by atoms with E-state index >= 15 is 0 Å². The van der Waals surface area contributed by atoms with Crippen molar-refractivity contribution in [3.05, 3.63) is 17.5 Å².